The molecule has 0 aliphatic heterocycles. The zero-order valence-corrected chi connectivity index (χ0v) is 8.32. The summed E-state index contributed by atoms with van der Waals surface area (Å²) in [6, 6.07) is 3.63. The Labute approximate surface area is 82.8 Å². The third-order valence-corrected chi connectivity index (χ3v) is 2.09. The molecule has 14 heavy (non-hydrogen) atoms. The Bertz CT molecular complexity index is 330. The van der Waals surface area contributed by atoms with Gasteiger partial charge in [-0.25, -0.2) is 0 Å². The van der Waals surface area contributed by atoms with Crippen LogP contribution in [0.4, 0.5) is 0 Å². The highest BCUT2D eigenvalue weighted by molar-refractivity contribution is 5.68. The molecule has 1 unspecified atom stereocenters. The number of carbonyl (C=O) groups is 1. The van der Waals surface area contributed by atoms with Gasteiger partial charge in [-0.05, 0) is 25.5 Å². The summed E-state index contributed by atoms with van der Waals surface area (Å²) in [5.41, 5.74) is 6.64. The smallest absolute Gasteiger partial charge is 0.305 e. The maximum absolute atomic E-state index is 10.6. The van der Waals surface area contributed by atoms with Crippen LogP contribution in [0, 0.1) is 6.92 Å². The molecule has 0 saturated heterocycles. The van der Waals surface area contributed by atoms with Crippen LogP contribution in [0.2, 0.25) is 0 Å². The van der Waals surface area contributed by atoms with E-state index in [1.54, 1.807) is 13.1 Å². The van der Waals surface area contributed by atoms with E-state index in [0.717, 1.165) is 11.3 Å². The summed E-state index contributed by atoms with van der Waals surface area (Å²) in [5, 5.41) is 8.66. The van der Waals surface area contributed by atoms with Crippen LogP contribution in [0.5, 0.6) is 0 Å². The Morgan fingerprint density at radius 1 is 1.64 bits per heavy atom. The average Bonchev–Trinajstić information content (AvgIpc) is 2.02. The summed E-state index contributed by atoms with van der Waals surface area (Å²) in [7, 11) is 0. The van der Waals surface area contributed by atoms with E-state index in [1.165, 1.54) is 0 Å². The van der Waals surface area contributed by atoms with Gasteiger partial charge in [0.25, 0.3) is 0 Å². The lowest BCUT2D eigenvalue weighted by molar-refractivity contribution is -0.138. The van der Waals surface area contributed by atoms with Gasteiger partial charge in [0.1, 0.15) is 0 Å². The van der Waals surface area contributed by atoms with Crippen molar-refractivity contribution in [2.45, 2.75) is 25.8 Å². The van der Waals surface area contributed by atoms with Crippen molar-refractivity contribution in [1.82, 2.24) is 4.98 Å². The van der Waals surface area contributed by atoms with Crippen molar-refractivity contribution in [3.05, 3.63) is 29.6 Å². The molecule has 4 heteroatoms. The fourth-order valence-electron chi connectivity index (χ4n) is 1.22. The number of carboxylic acid groups (broad SMARTS) is 1. The number of aryl methyl sites for hydroxylation is 1. The molecule has 1 atom stereocenters. The molecule has 0 amide bonds. The number of nitrogens with two attached hydrogens (primary N) is 1. The van der Waals surface area contributed by atoms with Gasteiger partial charge in [0.15, 0.2) is 0 Å². The number of hydrogen-bond acceptors (Lipinski definition) is 3. The van der Waals surface area contributed by atoms with Gasteiger partial charge in [-0.3, -0.25) is 9.78 Å². The summed E-state index contributed by atoms with van der Waals surface area (Å²) in [6.45, 7) is 3.56. The van der Waals surface area contributed by atoms with E-state index >= 15 is 0 Å². The molecule has 0 fully saturated rings. The van der Waals surface area contributed by atoms with Crippen molar-refractivity contribution in [2.24, 2.45) is 5.73 Å². The Hall–Kier alpha value is -1.42. The third kappa shape index (κ3) is 2.53. The summed E-state index contributed by atoms with van der Waals surface area (Å²) in [5.74, 6) is -0.907. The topological polar surface area (TPSA) is 76.2 Å². The maximum Gasteiger partial charge on any atom is 0.305 e. The second kappa shape index (κ2) is 3.75. The highest BCUT2D eigenvalue weighted by atomic mass is 16.4. The number of rotatable bonds is 3. The first-order chi connectivity index (χ1) is 6.42. The molecule has 3 N–H and O–H groups in total. The Morgan fingerprint density at radius 2 is 2.29 bits per heavy atom. The second-order valence-electron chi connectivity index (χ2n) is 3.68. The molecule has 0 aliphatic rings. The van der Waals surface area contributed by atoms with Gasteiger partial charge >= 0.3 is 5.97 Å². The minimum absolute atomic E-state index is 0.0995. The molecule has 4 nitrogen and oxygen atoms in total. The van der Waals surface area contributed by atoms with E-state index in [4.69, 9.17) is 10.8 Å². The van der Waals surface area contributed by atoms with Crippen LogP contribution < -0.4 is 5.73 Å². The first kappa shape index (κ1) is 10.7. The van der Waals surface area contributed by atoms with Gasteiger partial charge in [0, 0.05) is 11.9 Å². The molecule has 0 radical (unpaired) electrons. The largest absolute Gasteiger partial charge is 0.481 e. The molecule has 0 spiro atoms. The quantitative estimate of drug-likeness (QED) is 0.753. The molecule has 0 aromatic carbocycles. The minimum Gasteiger partial charge on any atom is -0.481 e. The number of nitrogens with zero attached hydrogens (tertiary/aromatic N) is 1. The SMILES string of the molecule is Cc1ccc(C(C)(N)CC(=O)O)cn1. The Balaban J connectivity index is 2.91. The number of aliphatic carboxylic acids is 1. The average molecular weight is 194 g/mol. The molecule has 1 rings (SSSR count). The van der Waals surface area contributed by atoms with E-state index in [0.29, 0.717) is 0 Å². The third-order valence-electron chi connectivity index (χ3n) is 2.09. The van der Waals surface area contributed by atoms with E-state index < -0.39 is 11.5 Å². The van der Waals surface area contributed by atoms with Gasteiger partial charge in [-0.15, -0.1) is 0 Å². The molecule has 0 aliphatic carbocycles. The minimum atomic E-state index is -0.907. The number of hydrogen-bond donors (Lipinski definition) is 2. The maximum atomic E-state index is 10.6. The lowest BCUT2D eigenvalue weighted by Gasteiger charge is -2.22. The molecular formula is C10H14N2O2. The second-order valence-corrected chi connectivity index (χ2v) is 3.68. The highest BCUT2D eigenvalue weighted by Gasteiger charge is 2.24. The van der Waals surface area contributed by atoms with Gasteiger partial charge in [-0.1, -0.05) is 6.07 Å². The fourth-order valence-corrected chi connectivity index (χ4v) is 1.22. The normalized spacial score (nSPS) is 14.8. The van der Waals surface area contributed by atoms with E-state index in [2.05, 4.69) is 4.98 Å². The lowest BCUT2D eigenvalue weighted by atomic mass is 9.91. The zero-order chi connectivity index (χ0) is 10.8. The van der Waals surface area contributed by atoms with E-state index in [1.807, 2.05) is 19.1 Å². The number of pyridine rings is 1. The summed E-state index contributed by atoms with van der Waals surface area (Å²) >= 11 is 0. The van der Waals surface area contributed by atoms with Gasteiger partial charge < -0.3 is 10.8 Å². The monoisotopic (exact) mass is 194 g/mol. The molecule has 1 aromatic rings. The van der Waals surface area contributed by atoms with E-state index in [9.17, 15) is 4.79 Å². The van der Waals surface area contributed by atoms with Crippen molar-refractivity contribution < 1.29 is 9.90 Å². The zero-order valence-electron chi connectivity index (χ0n) is 8.32. The van der Waals surface area contributed by atoms with Crippen LogP contribution in [-0.4, -0.2) is 16.1 Å². The summed E-state index contributed by atoms with van der Waals surface area (Å²) < 4.78 is 0. The molecule has 1 aromatic heterocycles. The highest BCUT2D eigenvalue weighted by Crippen LogP contribution is 2.20. The van der Waals surface area contributed by atoms with Crippen LogP contribution >= 0.6 is 0 Å². The molecule has 1 heterocycles. The molecule has 76 valence electrons. The van der Waals surface area contributed by atoms with Crippen LogP contribution in [0.1, 0.15) is 24.6 Å². The molecule has 0 bridgehead atoms. The first-order valence-corrected chi connectivity index (χ1v) is 4.35. The predicted molar refractivity (Wildman–Crippen MR) is 52.8 cm³/mol. The number of aromatic nitrogens is 1. The van der Waals surface area contributed by atoms with Crippen LogP contribution in [0.25, 0.3) is 0 Å². The van der Waals surface area contributed by atoms with Crippen LogP contribution in [0.3, 0.4) is 0 Å². The lowest BCUT2D eigenvalue weighted by Crippen LogP contribution is -2.35. The van der Waals surface area contributed by atoms with Crippen molar-refractivity contribution in [2.75, 3.05) is 0 Å². The van der Waals surface area contributed by atoms with Crippen molar-refractivity contribution in [1.29, 1.82) is 0 Å². The van der Waals surface area contributed by atoms with Crippen LogP contribution in [-0.2, 0) is 10.3 Å². The first-order valence-electron chi connectivity index (χ1n) is 4.35. The van der Waals surface area contributed by atoms with Gasteiger partial charge in [0.05, 0.1) is 12.0 Å². The summed E-state index contributed by atoms with van der Waals surface area (Å²) in [4.78, 5) is 14.6. The molecular weight excluding hydrogens is 180 g/mol. The van der Waals surface area contributed by atoms with Gasteiger partial charge in [-0.2, -0.15) is 0 Å². The van der Waals surface area contributed by atoms with Crippen molar-refractivity contribution >= 4 is 5.97 Å². The van der Waals surface area contributed by atoms with E-state index in [-0.39, 0.29) is 6.42 Å². The predicted octanol–water partition coefficient (Wildman–Crippen LogP) is 1.04. The summed E-state index contributed by atoms with van der Waals surface area (Å²) in [6.07, 6.45) is 1.52. The molecule has 0 saturated carbocycles. The Morgan fingerprint density at radius 3 is 2.71 bits per heavy atom. The van der Waals surface area contributed by atoms with Gasteiger partial charge in [0.2, 0.25) is 0 Å². The van der Waals surface area contributed by atoms with Crippen LogP contribution in [0.15, 0.2) is 18.3 Å². The fraction of sp³-hybridized carbons (Fsp3) is 0.400. The standard InChI is InChI=1S/C10H14N2O2/c1-7-3-4-8(6-12-7)10(2,11)5-9(13)14/h3-4,6H,5,11H2,1-2H3,(H,13,14). The Kier molecular flexibility index (Phi) is 2.86. The number of carboxylic acids is 1. The van der Waals surface area contributed by atoms with Crippen molar-refractivity contribution in [3.8, 4) is 0 Å². The van der Waals surface area contributed by atoms with Crippen molar-refractivity contribution in [3.63, 3.8) is 0 Å².